The van der Waals surface area contributed by atoms with E-state index < -0.39 is 0 Å². The number of nitrogens with zero attached hydrogens (tertiary/aromatic N) is 2. The van der Waals surface area contributed by atoms with Crippen LogP contribution in [0, 0.1) is 5.92 Å². The van der Waals surface area contributed by atoms with Gasteiger partial charge in [-0.25, -0.2) is 4.98 Å². The molecule has 1 aliphatic heterocycles. The molecule has 6 heteroatoms. The molecular formula is C22H23N3O2S. The van der Waals surface area contributed by atoms with Crippen molar-refractivity contribution >= 4 is 44.2 Å². The van der Waals surface area contributed by atoms with Gasteiger partial charge in [-0.1, -0.05) is 43.4 Å². The van der Waals surface area contributed by atoms with Gasteiger partial charge in [-0.15, -0.1) is 0 Å². The number of carbonyl (C=O) groups excluding carboxylic acids is 2. The summed E-state index contributed by atoms with van der Waals surface area (Å²) in [5.74, 6) is -0.520. The molecule has 1 N–H and O–H groups in total. The molecule has 1 aromatic heterocycles. The number of anilines is 2. The van der Waals surface area contributed by atoms with Gasteiger partial charge >= 0.3 is 0 Å². The lowest BCUT2D eigenvalue weighted by Crippen LogP contribution is -2.28. The van der Waals surface area contributed by atoms with Crippen molar-refractivity contribution in [3.05, 3.63) is 53.6 Å². The predicted octanol–water partition coefficient (Wildman–Crippen LogP) is 4.41. The number of hydrogen-bond acceptors (Lipinski definition) is 4. The molecule has 1 saturated heterocycles. The van der Waals surface area contributed by atoms with E-state index in [1.807, 2.05) is 30.3 Å². The standard InChI is InChI=1S/C22H23N3O2S/c1-3-14-5-8-17(9-6-14)25-13-16(12-20(25)26)21(27)24-22-23-18-10-7-15(4-2)11-19(18)28-22/h5-11,16H,3-4,12-13H2,1-2H3,(H,23,24,27)/t16-/m1/s1. The van der Waals surface area contributed by atoms with Crippen LogP contribution in [0.25, 0.3) is 10.2 Å². The SMILES string of the molecule is CCc1ccc(N2C[C@H](C(=O)Nc3nc4ccc(CC)cc4s3)CC2=O)cc1. The molecule has 2 aromatic carbocycles. The zero-order chi connectivity index (χ0) is 19.7. The number of rotatable bonds is 5. The Morgan fingerprint density at radius 3 is 2.57 bits per heavy atom. The van der Waals surface area contributed by atoms with Crippen LogP contribution in [0.1, 0.15) is 31.4 Å². The molecule has 3 aromatic rings. The lowest BCUT2D eigenvalue weighted by atomic mass is 10.1. The van der Waals surface area contributed by atoms with Gasteiger partial charge in [0.1, 0.15) is 0 Å². The maximum absolute atomic E-state index is 12.7. The second kappa shape index (κ2) is 7.72. The number of aromatic nitrogens is 1. The van der Waals surface area contributed by atoms with Crippen LogP contribution in [-0.4, -0.2) is 23.3 Å². The molecule has 1 fully saturated rings. The van der Waals surface area contributed by atoms with Crippen molar-refractivity contribution < 1.29 is 9.59 Å². The van der Waals surface area contributed by atoms with Crippen LogP contribution in [0.5, 0.6) is 0 Å². The second-order valence-corrected chi connectivity index (χ2v) is 8.12. The van der Waals surface area contributed by atoms with Gasteiger partial charge in [-0.2, -0.15) is 0 Å². The van der Waals surface area contributed by atoms with E-state index in [2.05, 4.69) is 36.3 Å². The summed E-state index contributed by atoms with van der Waals surface area (Å²) >= 11 is 1.47. The number of fused-ring (bicyclic) bond motifs is 1. The van der Waals surface area contributed by atoms with Crippen molar-refractivity contribution in [3.63, 3.8) is 0 Å². The fourth-order valence-corrected chi connectivity index (χ4v) is 4.43. The van der Waals surface area contributed by atoms with E-state index in [0.717, 1.165) is 28.7 Å². The molecule has 5 nitrogen and oxygen atoms in total. The molecular weight excluding hydrogens is 370 g/mol. The van der Waals surface area contributed by atoms with Gasteiger partial charge in [0.25, 0.3) is 0 Å². The smallest absolute Gasteiger partial charge is 0.231 e. The lowest BCUT2D eigenvalue weighted by molar-refractivity contribution is -0.122. The first-order valence-corrected chi connectivity index (χ1v) is 10.5. The molecule has 0 radical (unpaired) electrons. The lowest BCUT2D eigenvalue weighted by Gasteiger charge is -2.17. The maximum atomic E-state index is 12.7. The van der Waals surface area contributed by atoms with Crippen molar-refractivity contribution in [2.75, 3.05) is 16.8 Å². The highest BCUT2D eigenvalue weighted by molar-refractivity contribution is 7.22. The largest absolute Gasteiger partial charge is 0.312 e. The van der Waals surface area contributed by atoms with Gasteiger partial charge in [-0.3, -0.25) is 9.59 Å². The van der Waals surface area contributed by atoms with Crippen molar-refractivity contribution in [1.29, 1.82) is 0 Å². The van der Waals surface area contributed by atoms with Gasteiger partial charge in [0, 0.05) is 18.7 Å². The van der Waals surface area contributed by atoms with Crippen molar-refractivity contribution in [1.82, 2.24) is 4.98 Å². The van der Waals surface area contributed by atoms with Crippen LogP contribution in [0.3, 0.4) is 0 Å². The first-order chi connectivity index (χ1) is 13.6. The molecule has 1 atom stereocenters. The van der Waals surface area contributed by atoms with E-state index in [1.165, 1.54) is 22.5 Å². The molecule has 4 rings (SSSR count). The summed E-state index contributed by atoms with van der Waals surface area (Å²) in [5.41, 5.74) is 4.22. The third-order valence-corrected chi connectivity index (χ3v) is 6.18. The van der Waals surface area contributed by atoms with Crippen molar-refractivity contribution in [2.24, 2.45) is 5.92 Å². The van der Waals surface area contributed by atoms with E-state index in [1.54, 1.807) is 4.90 Å². The Balaban J connectivity index is 1.45. The molecule has 2 heterocycles. The quantitative estimate of drug-likeness (QED) is 0.698. The number of amides is 2. The molecule has 0 aliphatic carbocycles. The molecule has 0 unspecified atom stereocenters. The first kappa shape index (κ1) is 18.6. The van der Waals surface area contributed by atoms with Crippen molar-refractivity contribution in [3.8, 4) is 0 Å². The van der Waals surface area contributed by atoms with Gasteiger partial charge in [0.2, 0.25) is 11.8 Å². The third kappa shape index (κ3) is 3.64. The molecule has 2 amide bonds. The minimum absolute atomic E-state index is 0.0127. The Morgan fingerprint density at radius 2 is 1.86 bits per heavy atom. The summed E-state index contributed by atoms with van der Waals surface area (Å²) in [6, 6.07) is 14.1. The number of nitrogens with one attached hydrogen (secondary N) is 1. The minimum atomic E-state index is -0.364. The molecule has 28 heavy (non-hydrogen) atoms. The summed E-state index contributed by atoms with van der Waals surface area (Å²) in [6.45, 7) is 4.62. The minimum Gasteiger partial charge on any atom is -0.312 e. The van der Waals surface area contributed by atoms with E-state index >= 15 is 0 Å². The molecule has 144 valence electrons. The summed E-state index contributed by atoms with van der Waals surface area (Å²) in [7, 11) is 0. The van der Waals surface area contributed by atoms with Crippen molar-refractivity contribution in [2.45, 2.75) is 33.1 Å². The Labute approximate surface area is 168 Å². The fourth-order valence-electron chi connectivity index (χ4n) is 3.49. The van der Waals surface area contributed by atoms with Crippen LogP contribution in [0.4, 0.5) is 10.8 Å². The molecule has 0 saturated carbocycles. The first-order valence-electron chi connectivity index (χ1n) is 9.67. The number of carbonyl (C=O) groups is 2. The Bertz CT molecular complexity index is 1030. The summed E-state index contributed by atoms with van der Waals surface area (Å²) < 4.78 is 1.06. The molecule has 0 spiro atoms. The average molecular weight is 394 g/mol. The zero-order valence-electron chi connectivity index (χ0n) is 16.1. The highest BCUT2D eigenvalue weighted by Gasteiger charge is 2.35. The van der Waals surface area contributed by atoms with E-state index in [4.69, 9.17) is 0 Å². The zero-order valence-corrected chi connectivity index (χ0v) is 16.9. The average Bonchev–Trinajstić information content (AvgIpc) is 3.30. The predicted molar refractivity (Wildman–Crippen MR) is 114 cm³/mol. The van der Waals surface area contributed by atoms with Crippen LogP contribution in [0.2, 0.25) is 0 Å². The second-order valence-electron chi connectivity index (χ2n) is 7.09. The summed E-state index contributed by atoms with van der Waals surface area (Å²) in [6.07, 6.45) is 2.15. The van der Waals surface area contributed by atoms with Gasteiger partial charge in [0.15, 0.2) is 5.13 Å². The van der Waals surface area contributed by atoms with Crippen LogP contribution < -0.4 is 10.2 Å². The molecule has 0 bridgehead atoms. The highest BCUT2D eigenvalue weighted by atomic mass is 32.1. The van der Waals surface area contributed by atoms with Gasteiger partial charge in [-0.05, 0) is 48.2 Å². The van der Waals surface area contributed by atoms with Crippen LogP contribution in [0.15, 0.2) is 42.5 Å². The van der Waals surface area contributed by atoms with Crippen LogP contribution >= 0.6 is 11.3 Å². The number of aryl methyl sites for hydroxylation is 2. The van der Waals surface area contributed by atoms with E-state index in [9.17, 15) is 9.59 Å². The number of thiazole rings is 1. The third-order valence-electron chi connectivity index (χ3n) is 5.24. The number of benzene rings is 2. The number of hydrogen-bond donors (Lipinski definition) is 1. The monoisotopic (exact) mass is 393 g/mol. The fraction of sp³-hybridized carbons (Fsp3) is 0.318. The van der Waals surface area contributed by atoms with Crippen LogP contribution in [-0.2, 0) is 22.4 Å². The Kier molecular flexibility index (Phi) is 5.13. The summed E-state index contributed by atoms with van der Waals surface area (Å²) in [5, 5.41) is 3.50. The van der Waals surface area contributed by atoms with E-state index in [0.29, 0.717) is 11.7 Å². The molecule has 1 aliphatic rings. The maximum Gasteiger partial charge on any atom is 0.231 e. The van der Waals surface area contributed by atoms with Gasteiger partial charge < -0.3 is 10.2 Å². The Morgan fingerprint density at radius 1 is 1.14 bits per heavy atom. The summed E-state index contributed by atoms with van der Waals surface area (Å²) in [4.78, 5) is 31.4. The Hall–Kier alpha value is -2.73. The highest BCUT2D eigenvalue weighted by Crippen LogP contribution is 2.30. The normalized spacial score (nSPS) is 16.7. The van der Waals surface area contributed by atoms with E-state index in [-0.39, 0.29) is 24.2 Å². The topological polar surface area (TPSA) is 62.3 Å². The van der Waals surface area contributed by atoms with Gasteiger partial charge in [0.05, 0.1) is 16.1 Å².